The number of halogens is 2. The Morgan fingerprint density at radius 2 is 2.09 bits per heavy atom. The van der Waals surface area contributed by atoms with Crippen LogP contribution in [0.1, 0.15) is 16.8 Å². The maximum absolute atomic E-state index is 14.1. The van der Waals surface area contributed by atoms with Crippen molar-refractivity contribution >= 4 is 38.7 Å². The number of nitrogens with zero attached hydrogens (tertiary/aromatic N) is 6. The van der Waals surface area contributed by atoms with Gasteiger partial charge in [-0.2, -0.15) is 0 Å². The van der Waals surface area contributed by atoms with Gasteiger partial charge in [0.15, 0.2) is 5.65 Å². The summed E-state index contributed by atoms with van der Waals surface area (Å²) in [6.45, 7) is 5.79. The maximum atomic E-state index is 14.1. The number of fused-ring (bicyclic) bond motifs is 1. The van der Waals surface area contributed by atoms with Crippen LogP contribution in [0.25, 0.3) is 16.7 Å². The Hall–Kier alpha value is -3.44. The number of piperazine rings is 1. The molecule has 5 rings (SSSR count). The Balaban J connectivity index is 1.33. The van der Waals surface area contributed by atoms with E-state index in [0.29, 0.717) is 48.9 Å². The first-order valence-electron chi connectivity index (χ1n) is 11.2. The minimum Gasteiger partial charge on any atom is -0.353 e. The summed E-state index contributed by atoms with van der Waals surface area (Å²) < 4.78 is 16.6. The molecule has 3 aromatic heterocycles. The smallest absolute Gasteiger partial charge is 0.239 e. The van der Waals surface area contributed by atoms with Crippen LogP contribution in [0.4, 0.5) is 10.2 Å². The highest BCUT2D eigenvalue weighted by molar-refractivity contribution is 9.10. The van der Waals surface area contributed by atoms with Crippen LogP contribution in [-0.2, 0) is 11.3 Å². The third kappa shape index (κ3) is 4.87. The van der Waals surface area contributed by atoms with Gasteiger partial charge < -0.3 is 15.5 Å². The van der Waals surface area contributed by atoms with Crippen molar-refractivity contribution in [1.82, 2.24) is 35.4 Å². The van der Waals surface area contributed by atoms with Gasteiger partial charge in [0.25, 0.3) is 0 Å². The van der Waals surface area contributed by atoms with Crippen molar-refractivity contribution in [2.24, 2.45) is 0 Å². The van der Waals surface area contributed by atoms with Crippen molar-refractivity contribution in [2.75, 3.05) is 24.5 Å². The van der Waals surface area contributed by atoms with Crippen molar-refractivity contribution in [3.05, 3.63) is 70.1 Å². The summed E-state index contributed by atoms with van der Waals surface area (Å²) in [5.41, 5.74) is 3.54. The van der Waals surface area contributed by atoms with Crippen LogP contribution in [0, 0.1) is 19.7 Å². The third-order valence-corrected chi connectivity index (χ3v) is 6.88. The summed E-state index contributed by atoms with van der Waals surface area (Å²) in [6, 6.07) is 6.51. The summed E-state index contributed by atoms with van der Waals surface area (Å²) >= 11 is 3.44. The fourth-order valence-corrected chi connectivity index (χ4v) is 4.26. The topological polar surface area (TPSA) is 101 Å². The van der Waals surface area contributed by atoms with E-state index in [9.17, 15) is 9.18 Å². The zero-order chi connectivity index (χ0) is 24.5. The van der Waals surface area contributed by atoms with Crippen LogP contribution >= 0.6 is 15.9 Å². The van der Waals surface area contributed by atoms with Gasteiger partial charge in [0.1, 0.15) is 24.0 Å². The number of hydrogen-bond donors (Lipinski definition) is 2. The number of aryl methyl sites for hydroxylation is 2. The highest BCUT2D eigenvalue weighted by atomic mass is 79.9. The van der Waals surface area contributed by atoms with Gasteiger partial charge in [-0.1, -0.05) is 6.07 Å². The standard InChI is InChI=1S/C24H24BrFN8O/c1-14-3-4-17(8-20(14)26)34-11-18-22(32-34)30-13-31-23(18)33-6-5-27-21(12-33)24(35)29-9-16-7-15(2)19(25)10-28-16/h3-4,7-8,10-11,13,21,27H,5-6,9,12H2,1-2H3,(H,29,35)/t21-/m0/s1. The lowest BCUT2D eigenvalue weighted by molar-refractivity contribution is -0.123. The number of benzene rings is 1. The second-order valence-electron chi connectivity index (χ2n) is 8.54. The van der Waals surface area contributed by atoms with Crippen molar-refractivity contribution in [3.63, 3.8) is 0 Å². The molecular formula is C24H24BrFN8O. The number of aromatic nitrogens is 5. The molecule has 0 spiro atoms. The molecule has 0 aliphatic carbocycles. The van der Waals surface area contributed by atoms with E-state index < -0.39 is 6.04 Å². The van der Waals surface area contributed by atoms with Gasteiger partial charge in [0.05, 0.1) is 23.3 Å². The van der Waals surface area contributed by atoms with Crippen LogP contribution < -0.4 is 15.5 Å². The van der Waals surface area contributed by atoms with Crippen LogP contribution in [-0.4, -0.2) is 56.3 Å². The lowest BCUT2D eigenvalue weighted by Gasteiger charge is -2.33. The maximum Gasteiger partial charge on any atom is 0.239 e. The van der Waals surface area contributed by atoms with Gasteiger partial charge in [0, 0.05) is 36.5 Å². The first kappa shape index (κ1) is 23.3. The molecule has 0 saturated carbocycles. The molecule has 11 heteroatoms. The largest absolute Gasteiger partial charge is 0.353 e. The SMILES string of the molecule is Cc1ccc(-n2cc3c(N4CCN[C@H](C(=O)NCc5cc(C)c(Br)cn5)C4)ncnc3n2)cc1F. The molecule has 4 aromatic rings. The van der Waals surface area contributed by atoms with Crippen molar-refractivity contribution in [3.8, 4) is 5.69 Å². The highest BCUT2D eigenvalue weighted by Gasteiger charge is 2.27. The quantitative estimate of drug-likeness (QED) is 0.403. The first-order chi connectivity index (χ1) is 16.9. The molecule has 1 aliphatic heterocycles. The monoisotopic (exact) mass is 538 g/mol. The second-order valence-corrected chi connectivity index (χ2v) is 9.39. The van der Waals surface area contributed by atoms with Crippen LogP contribution in [0.5, 0.6) is 0 Å². The molecule has 0 radical (unpaired) electrons. The number of pyridine rings is 1. The molecule has 0 unspecified atom stereocenters. The second kappa shape index (κ2) is 9.67. The summed E-state index contributed by atoms with van der Waals surface area (Å²) in [7, 11) is 0. The fourth-order valence-electron chi connectivity index (χ4n) is 4.05. The number of carbonyl (C=O) groups is 1. The molecule has 180 valence electrons. The Labute approximate surface area is 209 Å². The number of carbonyl (C=O) groups excluding carboxylic acids is 1. The van der Waals surface area contributed by atoms with E-state index >= 15 is 0 Å². The van der Waals surface area contributed by atoms with E-state index in [0.717, 1.165) is 21.1 Å². The predicted octanol–water partition coefficient (Wildman–Crippen LogP) is 2.82. The van der Waals surface area contributed by atoms with E-state index in [-0.39, 0.29) is 11.7 Å². The molecular weight excluding hydrogens is 515 g/mol. The van der Waals surface area contributed by atoms with Crippen molar-refractivity contribution in [1.29, 1.82) is 0 Å². The zero-order valence-electron chi connectivity index (χ0n) is 19.3. The number of rotatable bonds is 5. The van der Waals surface area contributed by atoms with Crippen LogP contribution in [0.15, 0.2) is 47.5 Å². The Morgan fingerprint density at radius 3 is 2.89 bits per heavy atom. The average molecular weight is 539 g/mol. The van der Waals surface area contributed by atoms with E-state index in [1.165, 1.54) is 12.4 Å². The van der Waals surface area contributed by atoms with E-state index in [4.69, 9.17) is 0 Å². The lowest BCUT2D eigenvalue weighted by atomic mass is 10.1. The molecule has 1 amide bonds. The Kier molecular flexibility index (Phi) is 6.44. The molecule has 1 aliphatic rings. The minimum absolute atomic E-state index is 0.104. The average Bonchev–Trinajstić information content (AvgIpc) is 3.31. The summed E-state index contributed by atoms with van der Waals surface area (Å²) in [5, 5.41) is 11.5. The number of amides is 1. The fraction of sp³-hybridized carbons (Fsp3) is 0.292. The molecule has 4 heterocycles. The van der Waals surface area contributed by atoms with Gasteiger partial charge in [-0.15, -0.1) is 5.10 Å². The molecule has 1 saturated heterocycles. The molecule has 1 aromatic carbocycles. The van der Waals surface area contributed by atoms with E-state index in [2.05, 4.69) is 51.5 Å². The molecule has 9 nitrogen and oxygen atoms in total. The molecule has 35 heavy (non-hydrogen) atoms. The minimum atomic E-state index is -0.411. The van der Waals surface area contributed by atoms with Crippen molar-refractivity contribution in [2.45, 2.75) is 26.4 Å². The number of anilines is 1. The highest BCUT2D eigenvalue weighted by Crippen LogP contribution is 2.25. The van der Waals surface area contributed by atoms with Crippen molar-refractivity contribution < 1.29 is 9.18 Å². The van der Waals surface area contributed by atoms with E-state index in [1.54, 1.807) is 30.1 Å². The molecule has 1 fully saturated rings. The van der Waals surface area contributed by atoms with Gasteiger partial charge in [-0.05, 0) is 59.1 Å². The normalized spacial score (nSPS) is 16.0. The predicted molar refractivity (Wildman–Crippen MR) is 134 cm³/mol. The lowest BCUT2D eigenvalue weighted by Crippen LogP contribution is -2.57. The van der Waals surface area contributed by atoms with Gasteiger partial charge in [0.2, 0.25) is 5.91 Å². The van der Waals surface area contributed by atoms with Crippen LogP contribution in [0.3, 0.4) is 0 Å². The summed E-state index contributed by atoms with van der Waals surface area (Å²) in [4.78, 5) is 28.1. The number of hydrogen-bond acceptors (Lipinski definition) is 7. The van der Waals surface area contributed by atoms with E-state index in [1.807, 2.05) is 19.1 Å². The molecule has 2 N–H and O–H groups in total. The van der Waals surface area contributed by atoms with Gasteiger partial charge in [-0.25, -0.2) is 19.0 Å². The zero-order valence-corrected chi connectivity index (χ0v) is 20.9. The van der Waals surface area contributed by atoms with Gasteiger partial charge in [-0.3, -0.25) is 9.78 Å². The first-order valence-corrected chi connectivity index (χ1v) is 12.0. The van der Waals surface area contributed by atoms with Crippen LogP contribution in [0.2, 0.25) is 0 Å². The molecule has 1 atom stereocenters. The van der Waals surface area contributed by atoms with Gasteiger partial charge >= 0.3 is 0 Å². The summed E-state index contributed by atoms with van der Waals surface area (Å²) in [6.07, 6.45) is 5.00. The number of nitrogens with one attached hydrogen (secondary N) is 2. The Morgan fingerprint density at radius 1 is 1.23 bits per heavy atom. The molecule has 0 bridgehead atoms. The Bertz CT molecular complexity index is 1410. The third-order valence-electron chi connectivity index (χ3n) is 6.05. The summed E-state index contributed by atoms with van der Waals surface area (Å²) in [5.74, 6) is 0.296.